The second kappa shape index (κ2) is 3.92. The van der Waals surface area contributed by atoms with Crippen LogP contribution in [0.5, 0.6) is 5.06 Å². The van der Waals surface area contributed by atoms with Gasteiger partial charge in [0.15, 0.2) is 5.06 Å². The van der Waals surface area contributed by atoms with Crippen molar-refractivity contribution in [3.8, 4) is 5.06 Å². The molecule has 0 spiro atoms. The van der Waals surface area contributed by atoms with E-state index in [1.807, 2.05) is 17.5 Å². The van der Waals surface area contributed by atoms with Gasteiger partial charge in [-0.2, -0.15) is 0 Å². The van der Waals surface area contributed by atoms with Crippen LogP contribution in [0.25, 0.3) is 0 Å². The Balaban J connectivity index is 1.74. The Labute approximate surface area is 76.6 Å². The van der Waals surface area contributed by atoms with Crippen molar-refractivity contribution in [1.29, 1.82) is 0 Å². The van der Waals surface area contributed by atoms with Crippen LogP contribution in [0.15, 0.2) is 17.5 Å². The van der Waals surface area contributed by atoms with Gasteiger partial charge in [-0.25, -0.2) is 0 Å². The van der Waals surface area contributed by atoms with Crippen LogP contribution in [-0.2, 0) is 0 Å². The fraction of sp³-hybridized carbons (Fsp3) is 0.556. The Morgan fingerprint density at radius 3 is 3.33 bits per heavy atom. The van der Waals surface area contributed by atoms with E-state index in [2.05, 4.69) is 5.32 Å². The van der Waals surface area contributed by atoms with Crippen LogP contribution >= 0.6 is 11.3 Å². The number of rotatable bonds is 3. The maximum atomic E-state index is 5.59. The van der Waals surface area contributed by atoms with E-state index >= 15 is 0 Å². The van der Waals surface area contributed by atoms with Crippen molar-refractivity contribution < 1.29 is 4.74 Å². The van der Waals surface area contributed by atoms with Crippen molar-refractivity contribution in [3.05, 3.63) is 17.5 Å². The van der Waals surface area contributed by atoms with Crippen LogP contribution in [-0.4, -0.2) is 19.2 Å². The Morgan fingerprint density at radius 2 is 2.67 bits per heavy atom. The highest BCUT2D eigenvalue weighted by Crippen LogP contribution is 2.19. The number of hydrogen-bond donors (Lipinski definition) is 1. The molecular weight excluding hydrogens is 170 g/mol. The predicted octanol–water partition coefficient (Wildman–Crippen LogP) is 1.88. The van der Waals surface area contributed by atoms with Crippen LogP contribution in [0, 0.1) is 0 Å². The average Bonchev–Trinajstić information content (AvgIpc) is 2.74. The summed E-state index contributed by atoms with van der Waals surface area (Å²) in [5, 5.41) is 6.47. The maximum absolute atomic E-state index is 5.59. The third-order valence-corrected chi connectivity index (χ3v) is 2.86. The van der Waals surface area contributed by atoms with Crippen molar-refractivity contribution >= 4 is 11.3 Å². The molecule has 12 heavy (non-hydrogen) atoms. The summed E-state index contributed by atoms with van der Waals surface area (Å²) in [4.78, 5) is 0. The van der Waals surface area contributed by atoms with Gasteiger partial charge in [0.1, 0.15) is 6.61 Å². The summed E-state index contributed by atoms with van der Waals surface area (Å²) in [5.41, 5.74) is 0. The number of thiophene rings is 1. The number of hydrogen-bond acceptors (Lipinski definition) is 3. The van der Waals surface area contributed by atoms with Gasteiger partial charge < -0.3 is 10.1 Å². The molecule has 3 heteroatoms. The molecule has 1 N–H and O–H groups in total. The van der Waals surface area contributed by atoms with Crippen LogP contribution < -0.4 is 10.1 Å². The molecular formula is C9H13NOS. The summed E-state index contributed by atoms with van der Waals surface area (Å²) < 4.78 is 5.59. The minimum Gasteiger partial charge on any atom is -0.482 e. The highest BCUT2D eigenvalue weighted by atomic mass is 32.1. The van der Waals surface area contributed by atoms with Crippen LogP contribution in [0.3, 0.4) is 0 Å². The molecule has 1 saturated heterocycles. The van der Waals surface area contributed by atoms with Crippen LogP contribution in [0.4, 0.5) is 0 Å². The summed E-state index contributed by atoms with van der Waals surface area (Å²) in [6, 6.07) is 4.61. The second-order valence-electron chi connectivity index (χ2n) is 3.04. The van der Waals surface area contributed by atoms with Gasteiger partial charge in [0.05, 0.1) is 0 Å². The van der Waals surface area contributed by atoms with Gasteiger partial charge in [-0.1, -0.05) is 0 Å². The zero-order chi connectivity index (χ0) is 8.23. The van der Waals surface area contributed by atoms with E-state index in [-0.39, 0.29) is 0 Å². The normalized spacial score (nSPS) is 22.8. The first kappa shape index (κ1) is 8.08. The third kappa shape index (κ3) is 1.99. The highest BCUT2D eigenvalue weighted by Gasteiger charge is 2.14. The topological polar surface area (TPSA) is 21.3 Å². The zero-order valence-corrected chi connectivity index (χ0v) is 7.77. The lowest BCUT2D eigenvalue weighted by Gasteiger charge is -2.09. The lowest BCUT2D eigenvalue weighted by molar-refractivity contribution is 0.284. The van der Waals surface area contributed by atoms with Gasteiger partial charge in [-0.05, 0) is 36.9 Å². The van der Waals surface area contributed by atoms with E-state index in [9.17, 15) is 0 Å². The highest BCUT2D eigenvalue weighted by molar-refractivity contribution is 7.11. The van der Waals surface area contributed by atoms with E-state index in [0.717, 1.165) is 18.2 Å². The number of nitrogens with one attached hydrogen (secondary N) is 1. The second-order valence-corrected chi connectivity index (χ2v) is 3.95. The first-order valence-corrected chi connectivity index (χ1v) is 5.23. The van der Waals surface area contributed by atoms with Crippen LogP contribution in [0.2, 0.25) is 0 Å². The molecule has 0 radical (unpaired) electrons. The monoisotopic (exact) mass is 183 g/mol. The van der Waals surface area contributed by atoms with E-state index in [4.69, 9.17) is 4.74 Å². The molecule has 0 aliphatic carbocycles. The molecule has 1 fully saturated rings. The van der Waals surface area contributed by atoms with Gasteiger partial charge in [0.25, 0.3) is 0 Å². The van der Waals surface area contributed by atoms with Gasteiger partial charge in [0, 0.05) is 6.04 Å². The summed E-state index contributed by atoms with van der Waals surface area (Å²) >= 11 is 1.66. The summed E-state index contributed by atoms with van der Waals surface area (Å²) in [6.45, 7) is 1.97. The van der Waals surface area contributed by atoms with E-state index in [0.29, 0.717) is 6.04 Å². The molecule has 0 aromatic carbocycles. The average molecular weight is 183 g/mol. The van der Waals surface area contributed by atoms with Gasteiger partial charge >= 0.3 is 0 Å². The summed E-state index contributed by atoms with van der Waals surface area (Å²) in [5.74, 6) is 0. The van der Waals surface area contributed by atoms with Crippen molar-refractivity contribution in [2.45, 2.75) is 18.9 Å². The molecule has 0 bridgehead atoms. The molecule has 66 valence electrons. The quantitative estimate of drug-likeness (QED) is 0.772. The SMILES string of the molecule is c1csc(OC[C@@H]2CCCN2)c1. The minimum atomic E-state index is 0.576. The molecule has 2 nitrogen and oxygen atoms in total. The van der Waals surface area contributed by atoms with Crippen molar-refractivity contribution in [3.63, 3.8) is 0 Å². The van der Waals surface area contributed by atoms with E-state index in [1.165, 1.54) is 12.8 Å². The van der Waals surface area contributed by atoms with Gasteiger partial charge in [-0.3, -0.25) is 0 Å². The summed E-state index contributed by atoms with van der Waals surface area (Å²) in [6.07, 6.45) is 2.55. The Bertz CT molecular complexity index is 216. The first-order chi connectivity index (χ1) is 5.95. The molecule has 2 heterocycles. The molecule has 1 aromatic rings. The molecule has 1 atom stereocenters. The van der Waals surface area contributed by atoms with Crippen molar-refractivity contribution in [2.24, 2.45) is 0 Å². The molecule has 0 amide bonds. The van der Waals surface area contributed by atoms with E-state index in [1.54, 1.807) is 11.3 Å². The van der Waals surface area contributed by atoms with Gasteiger partial charge in [0.2, 0.25) is 0 Å². The Hall–Kier alpha value is -0.540. The lowest BCUT2D eigenvalue weighted by atomic mass is 10.2. The Kier molecular flexibility index (Phi) is 2.64. The standard InChI is InChI=1S/C9H13NOS/c1-3-8(10-5-1)7-11-9-4-2-6-12-9/h2,4,6,8,10H,1,3,5,7H2/t8-/m0/s1. The molecule has 0 saturated carbocycles. The minimum absolute atomic E-state index is 0.576. The van der Waals surface area contributed by atoms with E-state index < -0.39 is 0 Å². The fourth-order valence-corrected chi connectivity index (χ4v) is 2.01. The Morgan fingerprint density at radius 1 is 1.67 bits per heavy atom. The molecule has 0 unspecified atom stereocenters. The van der Waals surface area contributed by atoms with Crippen LogP contribution in [0.1, 0.15) is 12.8 Å². The number of ether oxygens (including phenoxy) is 1. The molecule has 1 aliphatic rings. The zero-order valence-electron chi connectivity index (χ0n) is 6.95. The fourth-order valence-electron chi connectivity index (χ4n) is 1.43. The molecule has 1 aliphatic heterocycles. The largest absolute Gasteiger partial charge is 0.482 e. The summed E-state index contributed by atoms with van der Waals surface area (Å²) in [7, 11) is 0. The van der Waals surface area contributed by atoms with Crippen molar-refractivity contribution in [2.75, 3.05) is 13.2 Å². The first-order valence-electron chi connectivity index (χ1n) is 4.35. The third-order valence-electron chi connectivity index (χ3n) is 2.08. The molecule has 1 aromatic heterocycles. The molecule has 2 rings (SSSR count). The lowest BCUT2D eigenvalue weighted by Crippen LogP contribution is -2.27. The predicted molar refractivity (Wildman–Crippen MR) is 50.8 cm³/mol. The van der Waals surface area contributed by atoms with Gasteiger partial charge in [-0.15, -0.1) is 11.3 Å². The smallest absolute Gasteiger partial charge is 0.173 e. The van der Waals surface area contributed by atoms with Crippen molar-refractivity contribution in [1.82, 2.24) is 5.32 Å². The maximum Gasteiger partial charge on any atom is 0.173 e.